The van der Waals surface area contributed by atoms with Gasteiger partial charge in [0.1, 0.15) is 17.7 Å². The van der Waals surface area contributed by atoms with Gasteiger partial charge in [-0.05, 0) is 40.2 Å². The average molecular weight is 323 g/mol. The van der Waals surface area contributed by atoms with Crippen LogP contribution in [0.1, 0.15) is 29.7 Å². The predicted octanol–water partition coefficient (Wildman–Crippen LogP) is 3.51. The number of pyridine rings is 1. The van der Waals surface area contributed by atoms with E-state index in [-0.39, 0.29) is 18.0 Å². The summed E-state index contributed by atoms with van der Waals surface area (Å²) >= 11 is 3.39. The van der Waals surface area contributed by atoms with Crippen LogP contribution < -0.4 is 10.5 Å². The summed E-state index contributed by atoms with van der Waals surface area (Å²) in [6, 6.07) is 6.17. The maximum Gasteiger partial charge on any atom is 0.127 e. The first-order valence-electron chi connectivity index (χ1n) is 5.95. The van der Waals surface area contributed by atoms with Gasteiger partial charge in [0.25, 0.3) is 0 Å². The lowest BCUT2D eigenvalue weighted by molar-refractivity contribution is 0.160. The Morgan fingerprint density at radius 2 is 2.16 bits per heavy atom. The highest BCUT2D eigenvalue weighted by Crippen LogP contribution is 2.39. The molecule has 1 aromatic carbocycles. The van der Waals surface area contributed by atoms with E-state index >= 15 is 0 Å². The van der Waals surface area contributed by atoms with Gasteiger partial charge in [0.15, 0.2) is 0 Å². The van der Waals surface area contributed by atoms with Gasteiger partial charge < -0.3 is 10.5 Å². The van der Waals surface area contributed by atoms with Crippen LogP contribution >= 0.6 is 15.9 Å². The van der Waals surface area contributed by atoms with Crippen LogP contribution in [-0.4, -0.2) is 4.98 Å². The first-order valence-corrected chi connectivity index (χ1v) is 6.75. The monoisotopic (exact) mass is 322 g/mol. The molecule has 0 saturated carbocycles. The fourth-order valence-corrected chi connectivity index (χ4v) is 2.67. The summed E-state index contributed by atoms with van der Waals surface area (Å²) in [5.74, 6) is 0.352. The van der Waals surface area contributed by atoms with Crippen molar-refractivity contribution in [1.82, 2.24) is 4.98 Å². The highest BCUT2D eigenvalue weighted by molar-refractivity contribution is 9.10. The van der Waals surface area contributed by atoms with Crippen LogP contribution in [0.25, 0.3) is 0 Å². The van der Waals surface area contributed by atoms with Gasteiger partial charge in [0.2, 0.25) is 0 Å². The summed E-state index contributed by atoms with van der Waals surface area (Å²) in [6.07, 6.45) is 3.93. The second-order valence-corrected chi connectivity index (χ2v) is 5.48. The average Bonchev–Trinajstić information content (AvgIpc) is 2.39. The van der Waals surface area contributed by atoms with Crippen molar-refractivity contribution in [3.8, 4) is 5.75 Å². The molecule has 0 spiro atoms. The van der Waals surface area contributed by atoms with Crippen molar-refractivity contribution >= 4 is 15.9 Å². The van der Waals surface area contributed by atoms with E-state index in [2.05, 4.69) is 20.9 Å². The van der Waals surface area contributed by atoms with E-state index in [1.807, 2.05) is 6.07 Å². The molecule has 2 unspecified atom stereocenters. The van der Waals surface area contributed by atoms with E-state index in [0.29, 0.717) is 12.2 Å². The van der Waals surface area contributed by atoms with E-state index in [4.69, 9.17) is 10.5 Å². The Hall–Kier alpha value is -1.46. The van der Waals surface area contributed by atoms with Crippen LogP contribution in [0.5, 0.6) is 5.75 Å². The Kier molecular flexibility index (Phi) is 3.24. The molecule has 1 aromatic heterocycles. The summed E-state index contributed by atoms with van der Waals surface area (Å²) in [6.45, 7) is 0. The van der Waals surface area contributed by atoms with Crippen molar-refractivity contribution in [3.05, 3.63) is 58.1 Å². The smallest absolute Gasteiger partial charge is 0.127 e. The fourth-order valence-electron chi connectivity index (χ4n) is 2.28. The Labute approximate surface area is 118 Å². The minimum atomic E-state index is -0.291. The molecule has 0 amide bonds. The van der Waals surface area contributed by atoms with E-state index in [0.717, 1.165) is 15.6 Å². The van der Waals surface area contributed by atoms with E-state index < -0.39 is 0 Å². The van der Waals surface area contributed by atoms with Gasteiger partial charge in [-0.15, -0.1) is 0 Å². The molecule has 1 aliphatic rings. The molecule has 2 atom stereocenters. The van der Waals surface area contributed by atoms with Crippen LogP contribution in [0.4, 0.5) is 4.39 Å². The second kappa shape index (κ2) is 4.90. The second-order valence-electron chi connectivity index (χ2n) is 4.57. The zero-order chi connectivity index (χ0) is 13.4. The summed E-state index contributed by atoms with van der Waals surface area (Å²) in [5.41, 5.74) is 7.78. The first-order chi connectivity index (χ1) is 9.13. The lowest BCUT2D eigenvalue weighted by Crippen LogP contribution is -2.24. The number of rotatable bonds is 1. The topological polar surface area (TPSA) is 48.1 Å². The SMILES string of the molecule is NC1CC(c2cncc(Br)c2)Oc2ccc(F)cc21. The Morgan fingerprint density at radius 1 is 1.32 bits per heavy atom. The van der Waals surface area contributed by atoms with Crippen molar-refractivity contribution in [2.24, 2.45) is 5.73 Å². The molecule has 0 aliphatic carbocycles. The largest absolute Gasteiger partial charge is 0.485 e. The molecule has 98 valence electrons. The molecule has 0 saturated heterocycles. The van der Waals surface area contributed by atoms with Crippen LogP contribution in [0, 0.1) is 5.82 Å². The van der Waals surface area contributed by atoms with Gasteiger partial charge in [-0.2, -0.15) is 0 Å². The summed E-state index contributed by atoms with van der Waals surface area (Å²) in [4.78, 5) is 4.13. The van der Waals surface area contributed by atoms with Gasteiger partial charge in [0.05, 0.1) is 0 Å². The molecule has 5 heteroatoms. The predicted molar refractivity (Wildman–Crippen MR) is 73.3 cm³/mol. The van der Waals surface area contributed by atoms with Gasteiger partial charge in [-0.25, -0.2) is 4.39 Å². The minimum absolute atomic E-state index is 0.155. The van der Waals surface area contributed by atoms with Crippen molar-refractivity contribution in [1.29, 1.82) is 0 Å². The maximum atomic E-state index is 13.2. The zero-order valence-electron chi connectivity index (χ0n) is 10.0. The number of nitrogens with zero attached hydrogens (tertiary/aromatic N) is 1. The first kappa shape index (κ1) is 12.6. The molecule has 19 heavy (non-hydrogen) atoms. The number of fused-ring (bicyclic) bond motifs is 1. The summed E-state index contributed by atoms with van der Waals surface area (Å²) < 4.78 is 20.0. The molecule has 3 rings (SSSR count). The Morgan fingerprint density at radius 3 is 2.95 bits per heavy atom. The van der Waals surface area contributed by atoms with Crippen molar-refractivity contribution in [2.75, 3.05) is 0 Å². The quantitative estimate of drug-likeness (QED) is 0.874. The van der Waals surface area contributed by atoms with Crippen molar-refractivity contribution < 1.29 is 9.13 Å². The third-order valence-electron chi connectivity index (χ3n) is 3.21. The Balaban J connectivity index is 1.95. The number of hydrogen-bond acceptors (Lipinski definition) is 3. The van der Waals surface area contributed by atoms with Gasteiger partial charge in [0, 0.05) is 40.5 Å². The molecule has 2 heterocycles. The molecular weight excluding hydrogens is 311 g/mol. The standard InChI is InChI=1S/C14H12BrFN2O/c15-9-3-8(6-18-7-9)14-5-12(17)11-4-10(16)1-2-13(11)19-14/h1-4,6-7,12,14H,5,17H2. The molecule has 1 aliphatic heterocycles. The van der Waals surface area contributed by atoms with E-state index in [1.54, 1.807) is 18.5 Å². The molecule has 0 radical (unpaired) electrons. The summed E-state index contributed by atoms with van der Waals surface area (Å²) in [5, 5.41) is 0. The van der Waals surface area contributed by atoms with Crippen LogP contribution in [0.15, 0.2) is 41.1 Å². The molecule has 2 aromatic rings. The Bertz CT molecular complexity index is 620. The van der Waals surface area contributed by atoms with Crippen LogP contribution in [0.2, 0.25) is 0 Å². The lowest BCUT2D eigenvalue weighted by Gasteiger charge is -2.30. The normalized spacial score (nSPS) is 21.6. The third-order valence-corrected chi connectivity index (χ3v) is 3.64. The van der Waals surface area contributed by atoms with E-state index in [9.17, 15) is 4.39 Å². The third kappa shape index (κ3) is 2.48. The van der Waals surface area contributed by atoms with E-state index in [1.165, 1.54) is 12.1 Å². The van der Waals surface area contributed by atoms with Crippen LogP contribution in [-0.2, 0) is 0 Å². The van der Waals surface area contributed by atoms with Gasteiger partial charge in [-0.1, -0.05) is 0 Å². The number of ether oxygens (including phenoxy) is 1. The number of hydrogen-bond donors (Lipinski definition) is 1. The number of aromatic nitrogens is 1. The number of nitrogens with two attached hydrogens (primary N) is 1. The highest BCUT2D eigenvalue weighted by atomic mass is 79.9. The van der Waals surface area contributed by atoms with Gasteiger partial charge >= 0.3 is 0 Å². The molecule has 0 fully saturated rings. The van der Waals surface area contributed by atoms with Crippen molar-refractivity contribution in [3.63, 3.8) is 0 Å². The number of halogens is 2. The lowest BCUT2D eigenvalue weighted by atomic mass is 9.94. The molecular formula is C14H12BrFN2O. The molecule has 0 bridgehead atoms. The summed E-state index contributed by atoms with van der Waals surface area (Å²) in [7, 11) is 0. The number of benzene rings is 1. The fraction of sp³-hybridized carbons (Fsp3) is 0.214. The van der Waals surface area contributed by atoms with Crippen LogP contribution in [0.3, 0.4) is 0 Å². The maximum absolute atomic E-state index is 13.2. The molecule has 2 N–H and O–H groups in total. The van der Waals surface area contributed by atoms with Crippen molar-refractivity contribution in [2.45, 2.75) is 18.6 Å². The van der Waals surface area contributed by atoms with Gasteiger partial charge in [-0.3, -0.25) is 4.98 Å². The molecule has 3 nitrogen and oxygen atoms in total. The minimum Gasteiger partial charge on any atom is -0.485 e. The zero-order valence-corrected chi connectivity index (χ0v) is 11.6. The highest BCUT2D eigenvalue weighted by Gasteiger charge is 2.27.